The van der Waals surface area contributed by atoms with E-state index in [0.717, 1.165) is 12.2 Å². The maximum absolute atomic E-state index is 5.54. The summed E-state index contributed by atoms with van der Waals surface area (Å²) < 4.78 is 5.54. The Bertz CT molecular complexity index is 117. The second kappa shape index (κ2) is 3.65. The molecule has 0 spiro atoms. The van der Waals surface area contributed by atoms with Gasteiger partial charge in [-0.25, -0.2) is 0 Å². The molecule has 0 bridgehead atoms. The van der Waals surface area contributed by atoms with Crippen molar-refractivity contribution in [1.82, 2.24) is 0 Å². The van der Waals surface area contributed by atoms with E-state index in [9.17, 15) is 0 Å². The first-order valence-electron chi connectivity index (χ1n) is 3.81. The predicted octanol–water partition coefficient (Wildman–Crippen LogP) is 3.12. The van der Waals surface area contributed by atoms with Crippen molar-refractivity contribution in [3.8, 4) is 0 Å². The molecule has 0 atom stereocenters. The van der Waals surface area contributed by atoms with Gasteiger partial charge in [0.25, 0.3) is 0 Å². The van der Waals surface area contributed by atoms with E-state index in [1.807, 2.05) is 6.92 Å². The summed E-state index contributed by atoms with van der Waals surface area (Å²) in [6, 6.07) is 0. The fraction of sp³-hybridized carbons (Fsp3) is 0.778. The minimum atomic E-state index is -0.0459. The van der Waals surface area contributed by atoms with Crippen LogP contribution in [0.4, 0.5) is 0 Å². The van der Waals surface area contributed by atoms with Crippen LogP contribution in [0.25, 0.3) is 0 Å². The summed E-state index contributed by atoms with van der Waals surface area (Å²) in [6.07, 6.45) is 3.13. The molecule has 0 rings (SSSR count). The molecule has 0 aliphatic rings. The van der Waals surface area contributed by atoms with Crippen molar-refractivity contribution in [2.24, 2.45) is 0 Å². The normalized spacial score (nSPS) is 13.5. The van der Waals surface area contributed by atoms with Gasteiger partial charge in [0.1, 0.15) is 5.60 Å². The number of rotatable bonds is 2. The molecule has 1 nitrogen and oxygen atoms in total. The highest BCUT2D eigenvalue weighted by molar-refractivity contribution is 4.89. The van der Waals surface area contributed by atoms with Crippen LogP contribution in [0.1, 0.15) is 41.0 Å². The van der Waals surface area contributed by atoms with Crippen LogP contribution in [0.2, 0.25) is 0 Å². The third kappa shape index (κ3) is 5.67. The standard InChI is InChI=1S/C9H18O/c1-6-7-8(2)10-9(3,4)5/h7H,6H2,1-5H3/b8-7-. The first-order chi connectivity index (χ1) is 4.45. The molecule has 1 heteroatoms. The zero-order valence-corrected chi connectivity index (χ0v) is 7.69. The van der Waals surface area contributed by atoms with Gasteiger partial charge in [0.15, 0.2) is 0 Å². The second-order valence-corrected chi connectivity index (χ2v) is 3.44. The Kier molecular flexibility index (Phi) is 3.48. The van der Waals surface area contributed by atoms with Crippen LogP contribution in [0.15, 0.2) is 11.8 Å². The molecule has 0 fully saturated rings. The lowest BCUT2D eigenvalue weighted by atomic mass is 10.2. The fourth-order valence-corrected chi connectivity index (χ4v) is 0.812. The number of allylic oxidation sites excluding steroid dienone is 2. The summed E-state index contributed by atoms with van der Waals surface area (Å²) >= 11 is 0. The summed E-state index contributed by atoms with van der Waals surface area (Å²) in [4.78, 5) is 0. The number of ether oxygens (including phenoxy) is 1. The van der Waals surface area contributed by atoms with Crippen LogP contribution >= 0.6 is 0 Å². The van der Waals surface area contributed by atoms with Crippen molar-refractivity contribution in [1.29, 1.82) is 0 Å². The summed E-state index contributed by atoms with van der Waals surface area (Å²) in [7, 11) is 0. The Hall–Kier alpha value is -0.460. The average molecular weight is 142 g/mol. The Morgan fingerprint density at radius 1 is 1.40 bits per heavy atom. The first kappa shape index (κ1) is 9.54. The van der Waals surface area contributed by atoms with Crippen LogP contribution in [0.5, 0.6) is 0 Å². The summed E-state index contributed by atoms with van der Waals surface area (Å²) in [5.41, 5.74) is -0.0459. The molecule has 0 aromatic rings. The molecule has 0 saturated carbocycles. The Balaban J connectivity index is 3.79. The smallest absolute Gasteiger partial charge is 0.100 e. The zero-order chi connectivity index (χ0) is 8.20. The van der Waals surface area contributed by atoms with E-state index in [-0.39, 0.29) is 5.60 Å². The van der Waals surface area contributed by atoms with Gasteiger partial charge in [-0.3, -0.25) is 0 Å². The lowest BCUT2D eigenvalue weighted by Crippen LogP contribution is -2.17. The Morgan fingerprint density at radius 3 is 2.20 bits per heavy atom. The van der Waals surface area contributed by atoms with Gasteiger partial charge in [0.2, 0.25) is 0 Å². The maximum Gasteiger partial charge on any atom is 0.100 e. The van der Waals surface area contributed by atoms with E-state index in [2.05, 4.69) is 33.8 Å². The molecule has 0 N–H and O–H groups in total. The monoisotopic (exact) mass is 142 g/mol. The van der Waals surface area contributed by atoms with E-state index in [1.165, 1.54) is 0 Å². The largest absolute Gasteiger partial charge is 0.493 e. The highest BCUT2D eigenvalue weighted by atomic mass is 16.5. The first-order valence-corrected chi connectivity index (χ1v) is 3.81. The Labute approximate surface area is 64.1 Å². The molecule has 0 radical (unpaired) electrons. The van der Waals surface area contributed by atoms with E-state index >= 15 is 0 Å². The van der Waals surface area contributed by atoms with Crippen LogP contribution in [0, 0.1) is 0 Å². The Morgan fingerprint density at radius 2 is 1.90 bits per heavy atom. The predicted molar refractivity (Wildman–Crippen MR) is 44.9 cm³/mol. The van der Waals surface area contributed by atoms with Crippen LogP contribution < -0.4 is 0 Å². The lowest BCUT2D eigenvalue weighted by Gasteiger charge is -2.21. The number of hydrogen-bond donors (Lipinski definition) is 0. The summed E-state index contributed by atoms with van der Waals surface area (Å²) in [5, 5.41) is 0. The van der Waals surface area contributed by atoms with Gasteiger partial charge in [0, 0.05) is 0 Å². The molecule has 0 heterocycles. The van der Waals surface area contributed by atoms with E-state index in [1.54, 1.807) is 0 Å². The minimum Gasteiger partial charge on any atom is -0.493 e. The van der Waals surface area contributed by atoms with Crippen molar-refractivity contribution in [3.05, 3.63) is 11.8 Å². The molecule has 10 heavy (non-hydrogen) atoms. The van der Waals surface area contributed by atoms with Crippen LogP contribution in [-0.2, 0) is 4.74 Å². The van der Waals surface area contributed by atoms with Gasteiger partial charge in [-0.1, -0.05) is 6.92 Å². The quantitative estimate of drug-likeness (QED) is 0.538. The molecule has 0 aromatic heterocycles. The van der Waals surface area contributed by atoms with Crippen molar-refractivity contribution >= 4 is 0 Å². The summed E-state index contributed by atoms with van der Waals surface area (Å²) in [6.45, 7) is 10.3. The van der Waals surface area contributed by atoms with Gasteiger partial charge >= 0.3 is 0 Å². The molecule has 0 aromatic carbocycles. The van der Waals surface area contributed by atoms with Gasteiger partial charge in [-0.15, -0.1) is 0 Å². The van der Waals surface area contributed by atoms with Crippen molar-refractivity contribution in [3.63, 3.8) is 0 Å². The summed E-state index contributed by atoms with van der Waals surface area (Å²) in [5.74, 6) is 1.02. The molecule has 0 amide bonds. The molecule has 60 valence electrons. The van der Waals surface area contributed by atoms with Gasteiger partial charge < -0.3 is 4.74 Å². The molecule has 0 aliphatic heterocycles. The molecular formula is C9H18O. The van der Waals surface area contributed by atoms with Crippen LogP contribution in [-0.4, -0.2) is 5.60 Å². The van der Waals surface area contributed by atoms with E-state index < -0.39 is 0 Å². The van der Waals surface area contributed by atoms with Crippen molar-refractivity contribution in [2.75, 3.05) is 0 Å². The van der Waals surface area contributed by atoms with E-state index in [4.69, 9.17) is 4.74 Å². The van der Waals surface area contributed by atoms with Crippen molar-refractivity contribution < 1.29 is 4.74 Å². The molecular weight excluding hydrogens is 124 g/mol. The third-order valence-corrected chi connectivity index (χ3v) is 0.959. The minimum absolute atomic E-state index is 0.0459. The fourth-order valence-electron chi connectivity index (χ4n) is 0.812. The number of hydrogen-bond acceptors (Lipinski definition) is 1. The van der Waals surface area contributed by atoms with Gasteiger partial charge in [-0.2, -0.15) is 0 Å². The maximum atomic E-state index is 5.54. The second-order valence-electron chi connectivity index (χ2n) is 3.44. The van der Waals surface area contributed by atoms with Gasteiger partial charge in [-0.05, 0) is 40.2 Å². The SMILES string of the molecule is CC/C=C(/C)OC(C)(C)C. The highest BCUT2D eigenvalue weighted by Gasteiger charge is 2.09. The van der Waals surface area contributed by atoms with Crippen molar-refractivity contribution in [2.45, 2.75) is 46.6 Å². The average Bonchev–Trinajstić information content (AvgIpc) is 1.59. The van der Waals surface area contributed by atoms with E-state index in [0.29, 0.717) is 0 Å². The topological polar surface area (TPSA) is 9.23 Å². The van der Waals surface area contributed by atoms with Crippen LogP contribution in [0.3, 0.4) is 0 Å². The molecule has 0 aliphatic carbocycles. The lowest BCUT2D eigenvalue weighted by molar-refractivity contribution is 0.0529. The molecule has 0 saturated heterocycles. The molecule has 0 unspecified atom stereocenters. The van der Waals surface area contributed by atoms with Gasteiger partial charge in [0.05, 0.1) is 5.76 Å². The third-order valence-electron chi connectivity index (χ3n) is 0.959. The highest BCUT2D eigenvalue weighted by Crippen LogP contribution is 2.12. The zero-order valence-electron chi connectivity index (χ0n) is 7.69.